The van der Waals surface area contributed by atoms with E-state index >= 15 is 0 Å². The number of carbonyl (C=O) groups is 4. The summed E-state index contributed by atoms with van der Waals surface area (Å²) in [6.07, 6.45) is 9.05. The predicted molar refractivity (Wildman–Crippen MR) is 121 cm³/mol. The predicted octanol–water partition coefficient (Wildman–Crippen LogP) is 2.11. The van der Waals surface area contributed by atoms with E-state index in [1.165, 1.54) is 5.56 Å². The number of aromatic nitrogens is 2. The Morgan fingerprint density at radius 3 is 1.97 bits per heavy atom. The van der Waals surface area contributed by atoms with Crippen LogP contribution in [-0.2, 0) is 25.7 Å². The average Bonchev–Trinajstić information content (AvgIpc) is 3.31. The summed E-state index contributed by atoms with van der Waals surface area (Å²) in [4.78, 5) is 40.4. The Labute approximate surface area is 196 Å². The Morgan fingerprint density at radius 1 is 0.971 bits per heavy atom. The van der Waals surface area contributed by atoms with Crippen LogP contribution in [0.15, 0.2) is 43.0 Å². The molecule has 0 aliphatic heterocycles. The zero-order chi connectivity index (χ0) is 25.9. The number of nitrogens with one attached hydrogen (secondary N) is 1. The number of rotatable bonds is 10. The molecule has 1 aromatic carbocycles. The van der Waals surface area contributed by atoms with Crippen molar-refractivity contribution in [1.82, 2.24) is 14.9 Å². The molecule has 1 atom stereocenters. The van der Waals surface area contributed by atoms with E-state index in [0.717, 1.165) is 44.7 Å². The Hall–Kier alpha value is -3.93. The lowest BCUT2D eigenvalue weighted by atomic mass is 10.1. The van der Waals surface area contributed by atoms with E-state index in [4.69, 9.17) is 44.3 Å². The highest BCUT2D eigenvalue weighted by Gasteiger charge is 2.05. The average molecular weight is 482 g/mol. The smallest absolute Gasteiger partial charge is 0.414 e. The summed E-state index contributed by atoms with van der Waals surface area (Å²) < 4.78 is 7.80. The lowest BCUT2D eigenvalue weighted by molar-refractivity contribution is -0.159. The van der Waals surface area contributed by atoms with Crippen LogP contribution in [0, 0.1) is 0 Å². The number of carboxylic acid groups (broad SMARTS) is 4. The van der Waals surface area contributed by atoms with Crippen molar-refractivity contribution in [3.05, 3.63) is 48.5 Å². The number of aryl methyl sites for hydroxylation is 1. The minimum absolute atomic E-state index is 0.354. The normalized spacial score (nSPS) is 10.5. The van der Waals surface area contributed by atoms with Gasteiger partial charge in [0.05, 0.1) is 12.9 Å². The van der Waals surface area contributed by atoms with Gasteiger partial charge in [-0.15, -0.1) is 0 Å². The zero-order valence-electron chi connectivity index (χ0n) is 19.1. The molecule has 0 aliphatic rings. The van der Waals surface area contributed by atoms with Crippen LogP contribution in [-0.4, -0.2) is 67.0 Å². The van der Waals surface area contributed by atoms with E-state index in [9.17, 15) is 0 Å². The fourth-order valence-corrected chi connectivity index (χ4v) is 2.30. The number of aliphatic carboxylic acids is 4. The molecule has 0 radical (unpaired) electrons. The molecule has 0 bridgehead atoms. The molecule has 0 aliphatic carbocycles. The third-order valence-corrected chi connectivity index (χ3v) is 4.12. The number of nitrogens with zero attached hydrogens (tertiary/aromatic N) is 2. The highest BCUT2D eigenvalue weighted by atomic mass is 16.5. The second-order valence-electron chi connectivity index (χ2n) is 6.82. The van der Waals surface area contributed by atoms with E-state index in [1.807, 2.05) is 18.7 Å². The molecule has 12 heteroatoms. The highest BCUT2D eigenvalue weighted by Crippen LogP contribution is 2.17. The molecule has 0 spiro atoms. The molecule has 2 aromatic rings. The number of benzene rings is 1. The van der Waals surface area contributed by atoms with Crippen molar-refractivity contribution in [2.45, 2.75) is 45.7 Å². The minimum atomic E-state index is -1.82. The van der Waals surface area contributed by atoms with Crippen LogP contribution in [0.25, 0.3) is 0 Å². The van der Waals surface area contributed by atoms with Gasteiger partial charge in [0, 0.05) is 25.0 Å². The van der Waals surface area contributed by atoms with Gasteiger partial charge >= 0.3 is 23.9 Å². The van der Waals surface area contributed by atoms with E-state index in [2.05, 4.69) is 53.0 Å². The van der Waals surface area contributed by atoms with E-state index < -0.39 is 23.9 Å². The largest absolute Gasteiger partial charge is 0.494 e. The van der Waals surface area contributed by atoms with Gasteiger partial charge in [-0.1, -0.05) is 25.5 Å². The molecular formula is C22H31N3O9. The van der Waals surface area contributed by atoms with Crippen LogP contribution in [0.5, 0.6) is 5.75 Å². The Morgan fingerprint density at radius 2 is 1.53 bits per heavy atom. The van der Waals surface area contributed by atoms with Crippen molar-refractivity contribution in [2.24, 2.45) is 0 Å². The lowest BCUT2D eigenvalue weighted by Gasteiger charge is -2.15. The molecule has 1 unspecified atom stereocenters. The second kappa shape index (κ2) is 17.6. The van der Waals surface area contributed by atoms with Crippen LogP contribution < -0.4 is 10.1 Å². The summed E-state index contributed by atoms with van der Waals surface area (Å²) in [5.41, 5.74) is 1.30. The highest BCUT2D eigenvalue weighted by molar-refractivity contribution is 6.27. The van der Waals surface area contributed by atoms with Gasteiger partial charge in [0.15, 0.2) is 0 Å². The Kier molecular flexibility index (Phi) is 15.6. The van der Waals surface area contributed by atoms with Gasteiger partial charge < -0.3 is 35.0 Å². The van der Waals surface area contributed by atoms with Gasteiger partial charge in [-0.2, -0.15) is 0 Å². The van der Waals surface area contributed by atoms with Gasteiger partial charge in [0.1, 0.15) is 5.75 Å². The van der Waals surface area contributed by atoms with Gasteiger partial charge in [0.25, 0.3) is 0 Å². The molecule has 0 fully saturated rings. The van der Waals surface area contributed by atoms with Crippen molar-refractivity contribution >= 4 is 23.9 Å². The molecule has 34 heavy (non-hydrogen) atoms. The maximum absolute atomic E-state index is 9.10. The fraction of sp³-hybridized carbons (Fsp3) is 0.409. The first kappa shape index (κ1) is 30.1. The SMILES string of the molecule is CCCCOc1ccc(C(C)NCCCn2ccnc2)cc1.O=C(O)C(=O)O.O=C(O)C(=O)O. The first-order chi connectivity index (χ1) is 16.1. The van der Waals surface area contributed by atoms with Crippen LogP contribution in [0.4, 0.5) is 0 Å². The van der Waals surface area contributed by atoms with Crippen molar-refractivity contribution in [3.63, 3.8) is 0 Å². The maximum atomic E-state index is 9.10. The van der Waals surface area contributed by atoms with E-state index in [1.54, 1.807) is 0 Å². The summed E-state index contributed by atoms with van der Waals surface area (Å²) in [5, 5.41) is 33.1. The van der Waals surface area contributed by atoms with Gasteiger partial charge in [0.2, 0.25) is 0 Å². The number of hydrogen-bond acceptors (Lipinski definition) is 7. The summed E-state index contributed by atoms with van der Waals surface area (Å²) in [7, 11) is 0. The van der Waals surface area contributed by atoms with Gasteiger partial charge in [-0.25, -0.2) is 24.2 Å². The Balaban J connectivity index is 0.000000750. The Bertz CT molecular complexity index is 820. The number of imidazole rings is 1. The first-order valence-corrected chi connectivity index (χ1v) is 10.4. The molecule has 1 aromatic heterocycles. The minimum Gasteiger partial charge on any atom is -0.494 e. The van der Waals surface area contributed by atoms with Crippen molar-refractivity contribution in [2.75, 3.05) is 13.2 Å². The molecule has 0 amide bonds. The number of carboxylic acids is 4. The van der Waals surface area contributed by atoms with Crippen LogP contribution in [0.2, 0.25) is 0 Å². The molecule has 188 valence electrons. The monoisotopic (exact) mass is 481 g/mol. The molecule has 5 N–H and O–H groups in total. The third-order valence-electron chi connectivity index (χ3n) is 4.12. The molecule has 0 saturated carbocycles. The van der Waals surface area contributed by atoms with Crippen molar-refractivity contribution < 1.29 is 44.3 Å². The fourth-order valence-electron chi connectivity index (χ4n) is 2.30. The first-order valence-electron chi connectivity index (χ1n) is 10.4. The topological polar surface area (TPSA) is 188 Å². The summed E-state index contributed by atoms with van der Waals surface area (Å²) in [5.74, 6) is -6.33. The third kappa shape index (κ3) is 15.0. The van der Waals surface area contributed by atoms with Gasteiger partial charge in [-0.05, 0) is 44.0 Å². The lowest BCUT2D eigenvalue weighted by Crippen LogP contribution is -2.20. The second-order valence-corrected chi connectivity index (χ2v) is 6.82. The summed E-state index contributed by atoms with van der Waals surface area (Å²) >= 11 is 0. The summed E-state index contributed by atoms with van der Waals surface area (Å²) in [6, 6.07) is 8.78. The molecule has 1 heterocycles. The molecular weight excluding hydrogens is 450 g/mol. The molecule has 12 nitrogen and oxygen atoms in total. The maximum Gasteiger partial charge on any atom is 0.414 e. The van der Waals surface area contributed by atoms with E-state index in [0.29, 0.717) is 6.04 Å². The standard InChI is InChI=1S/C18H27N3O.2C2H2O4/c1-3-4-14-22-18-8-6-17(7-9-18)16(2)20-10-5-12-21-13-11-19-15-21;2*3-1(4)2(5)6/h6-9,11,13,15-16,20H,3-5,10,12,14H2,1-2H3;2*(H,3,4)(H,5,6). The van der Waals surface area contributed by atoms with Crippen molar-refractivity contribution in [1.29, 1.82) is 0 Å². The van der Waals surface area contributed by atoms with Crippen molar-refractivity contribution in [3.8, 4) is 5.75 Å². The van der Waals surface area contributed by atoms with Crippen LogP contribution >= 0.6 is 0 Å². The van der Waals surface area contributed by atoms with E-state index in [-0.39, 0.29) is 0 Å². The van der Waals surface area contributed by atoms with Crippen LogP contribution in [0.1, 0.15) is 44.7 Å². The quantitative estimate of drug-likeness (QED) is 0.247. The van der Waals surface area contributed by atoms with Gasteiger partial charge in [-0.3, -0.25) is 0 Å². The summed E-state index contributed by atoms with van der Waals surface area (Å²) in [6.45, 7) is 7.17. The number of ether oxygens (including phenoxy) is 1. The van der Waals surface area contributed by atoms with Crippen LogP contribution in [0.3, 0.4) is 0 Å². The number of hydrogen-bond donors (Lipinski definition) is 5. The molecule has 0 saturated heterocycles. The zero-order valence-corrected chi connectivity index (χ0v) is 19.1. The molecule has 2 rings (SSSR count). The number of unbranched alkanes of at least 4 members (excludes halogenated alkanes) is 1.